The van der Waals surface area contributed by atoms with Crippen LogP contribution in [0.5, 0.6) is 5.75 Å². The lowest BCUT2D eigenvalue weighted by Gasteiger charge is -2.08. The molecule has 28 heavy (non-hydrogen) atoms. The number of nitrogens with one attached hydrogen (secondary N) is 1. The van der Waals surface area contributed by atoms with E-state index in [0.717, 1.165) is 5.56 Å². The van der Waals surface area contributed by atoms with Gasteiger partial charge in [0.1, 0.15) is 18.2 Å². The number of anilines is 1. The first-order valence-corrected chi connectivity index (χ1v) is 9.16. The molecule has 0 fully saturated rings. The van der Waals surface area contributed by atoms with Gasteiger partial charge in [0, 0.05) is 39.1 Å². The minimum Gasteiger partial charge on any atom is -0.489 e. The molecule has 0 bridgehead atoms. The molecule has 0 heterocycles. The minimum absolute atomic E-state index is 0.165. The van der Waals surface area contributed by atoms with Crippen LogP contribution in [0.25, 0.3) is 0 Å². The zero-order valence-corrected chi connectivity index (χ0v) is 16.2. The zero-order valence-electron chi connectivity index (χ0n) is 14.7. The van der Waals surface area contributed by atoms with Crippen LogP contribution in [-0.2, 0) is 6.61 Å². The van der Waals surface area contributed by atoms with E-state index < -0.39 is 0 Å². The summed E-state index contributed by atoms with van der Waals surface area (Å²) in [7, 11) is 0. The molecule has 0 saturated heterocycles. The van der Waals surface area contributed by atoms with Gasteiger partial charge < -0.3 is 10.1 Å². The van der Waals surface area contributed by atoms with Crippen LogP contribution >= 0.6 is 23.2 Å². The molecule has 0 unspecified atom stereocenters. The maximum atomic E-state index is 12.9. The lowest BCUT2D eigenvalue weighted by atomic mass is 10.1. The molecule has 0 aliphatic rings. The summed E-state index contributed by atoms with van der Waals surface area (Å²) in [4.78, 5) is 12.2. The van der Waals surface area contributed by atoms with Gasteiger partial charge in [-0.05, 0) is 60.7 Å². The Hall–Kier alpha value is -2.82. The van der Waals surface area contributed by atoms with Crippen molar-refractivity contribution in [3.05, 3.63) is 106 Å². The van der Waals surface area contributed by atoms with E-state index in [2.05, 4.69) is 5.32 Å². The molecule has 3 nitrogen and oxygen atoms in total. The number of carbonyl (C=O) groups is 1. The summed E-state index contributed by atoms with van der Waals surface area (Å²) < 4.78 is 18.6. The molecule has 142 valence electrons. The minimum atomic E-state index is -0.314. The van der Waals surface area contributed by atoms with E-state index in [1.807, 2.05) is 6.07 Å². The summed E-state index contributed by atoms with van der Waals surface area (Å²) >= 11 is 12.0. The molecule has 0 radical (unpaired) electrons. The van der Waals surface area contributed by atoms with E-state index in [-0.39, 0.29) is 11.6 Å². The van der Waals surface area contributed by atoms with Crippen LogP contribution < -0.4 is 10.1 Å². The van der Waals surface area contributed by atoms with E-state index in [1.165, 1.54) is 24.4 Å². The van der Waals surface area contributed by atoms with Gasteiger partial charge in [-0.2, -0.15) is 0 Å². The Morgan fingerprint density at radius 3 is 2.39 bits per heavy atom. The highest BCUT2D eigenvalue weighted by Gasteiger charge is 2.05. The first kappa shape index (κ1) is 19.9. The molecular formula is C22H16Cl2FNO2. The van der Waals surface area contributed by atoms with Crippen molar-refractivity contribution in [2.24, 2.45) is 0 Å². The first-order valence-electron chi connectivity index (χ1n) is 8.41. The third kappa shape index (κ3) is 5.59. The maximum absolute atomic E-state index is 12.9. The van der Waals surface area contributed by atoms with Crippen molar-refractivity contribution in [2.45, 2.75) is 6.61 Å². The Balaban J connectivity index is 1.54. The molecule has 0 spiro atoms. The number of benzene rings is 3. The van der Waals surface area contributed by atoms with Crippen LogP contribution in [0.1, 0.15) is 15.9 Å². The molecule has 3 aromatic carbocycles. The Morgan fingerprint density at radius 1 is 1.00 bits per heavy atom. The van der Waals surface area contributed by atoms with Gasteiger partial charge in [0.05, 0.1) is 0 Å². The Bertz CT molecular complexity index is 986. The molecule has 0 aliphatic carbocycles. The standard InChI is InChI=1S/C22H16Cl2FNO2/c23-17-4-1-16(21(24)13-17)14-28-20-9-2-15(3-10-20)22(27)11-12-26-19-7-5-18(25)6-8-19/h1-13,26H,14H2. The van der Waals surface area contributed by atoms with Crippen LogP contribution in [0.2, 0.25) is 10.0 Å². The summed E-state index contributed by atoms with van der Waals surface area (Å²) in [5.74, 6) is 0.143. The predicted octanol–water partition coefficient (Wildman–Crippen LogP) is 6.52. The van der Waals surface area contributed by atoms with Gasteiger partial charge in [-0.1, -0.05) is 29.3 Å². The number of halogens is 3. The van der Waals surface area contributed by atoms with Crippen molar-refractivity contribution in [1.29, 1.82) is 0 Å². The molecule has 3 rings (SSSR count). The average molecular weight is 416 g/mol. The molecule has 0 aromatic heterocycles. The van der Waals surface area contributed by atoms with Gasteiger partial charge in [-0.25, -0.2) is 4.39 Å². The van der Waals surface area contributed by atoms with Gasteiger partial charge in [0.25, 0.3) is 0 Å². The molecule has 0 amide bonds. The predicted molar refractivity (Wildman–Crippen MR) is 111 cm³/mol. The summed E-state index contributed by atoms with van der Waals surface area (Å²) in [6.07, 6.45) is 2.93. The average Bonchev–Trinajstić information content (AvgIpc) is 2.69. The number of allylic oxidation sites excluding steroid dienone is 1. The lowest BCUT2D eigenvalue weighted by Crippen LogP contribution is -1.99. The summed E-state index contributed by atoms with van der Waals surface area (Å²) in [5, 5.41) is 4.02. The number of rotatable bonds is 7. The topological polar surface area (TPSA) is 38.3 Å². The van der Waals surface area contributed by atoms with Gasteiger partial charge >= 0.3 is 0 Å². The van der Waals surface area contributed by atoms with Gasteiger partial charge in [0.15, 0.2) is 5.78 Å². The molecule has 3 aromatic rings. The normalized spacial score (nSPS) is 10.8. The van der Waals surface area contributed by atoms with E-state index in [1.54, 1.807) is 48.5 Å². The van der Waals surface area contributed by atoms with Crippen LogP contribution in [-0.4, -0.2) is 5.78 Å². The summed E-state index contributed by atoms with van der Waals surface area (Å²) in [5.41, 5.74) is 2.03. The zero-order chi connectivity index (χ0) is 19.9. The number of carbonyl (C=O) groups excluding carboxylic acids is 1. The third-order valence-electron chi connectivity index (χ3n) is 3.88. The van der Waals surface area contributed by atoms with Gasteiger partial charge in [-0.3, -0.25) is 4.79 Å². The molecule has 6 heteroatoms. The van der Waals surface area contributed by atoms with Crippen LogP contribution in [0, 0.1) is 5.82 Å². The van der Waals surface area contributed by atoms with Gasteiger partial charge in [-0.15, -0.1) is 0 Å². The second-order valence-corrected chi connectivity index (χ2v) is 6.74. The van der Waals surface area contributed by atoms with Crippen molar-refractivity contribution >= 4 is 34.7 Å². The smallest absolute Gasteiger partial charge is 0.187 e. The van der Waals surface area contributed by atoms with Crippen LogP contribution in [0.15, 0.2) is 79.0 Å². The van der Waals surface area contributed by atoms with Crippen molar-refractivity contribution < 1.29 is 13.9 Å². The molecule has 0 aliphatic heterocycles. The number of ketones is 1. The summed E-state index contributed by atoms with van der Waals surface area (Å²) in [6, 6.07) is 17.9. The first-order chi connectivity index (χ1) is 13.5. The fourth-order valence-corrected chi connectivity index (χ4v) is 2.83. The molecule has 0 saturated carbocycles. The molecular weight excluding hydrogens is 400 g/mol. The monoisotopic (exact) mass is 415 g/mol. The van der Waals surface area contributed by atoms with Crippen molar-refractivity contribution in [1.82, 2.24) is 0 Å². The van der Waals surface area contributed by atoms with E-state index in [9.17, 15) is 9.18 Å². The fraction of sp³-hybridized carbons (Fsp3) is 0.0455. The molecule has 0 atom stereocenters. The van der Waals surface area contributed by atoms with Crippen molar-refractivity contribution in [2.75, 3.05) is 5.32 Å². The third-order valence-corrected chi connectivity index (χ3v) is 4.46. The quantitative estimate of drug-likeness (QED) is 0.352. The second-order valence-electron chi connectivity index (χ2n) is 5.90. The van der Waals surface area contributed by atoms with Crippen LogP contribution in [0.4, 0.5) is 10.1 Å². The van der Waals surface area contributed by atoms with E-state index >= 15 is 0 Å². The molecule has 1 N–H and O–H groups in total. The fourth-order valence-electron chi connectivity index (χ4n) is 2.37. The SMILES string of the molecule is O=C(C=CNc1ccc(F)cc1)c1ccc(OCc2ccc(Cl)cc2Cl)cc1. The highest BCUT2D eigenvalue weighted by atomic mass is 35.5. The Kier molecular flexibility index (Phi) is 6.69. The maximum Gasteiger partial charge on any atom is 0.187 e. The lowest BCUT2D eigenvalue weighted by molar-refractivity contribution is 0.104. The number of hydrogen-bond donors (Lipinski definition) is 1. The van der Waals surface area contributed by atoms with Crippen molar-refractivity contribution in [3.8, 4) is 5.75 Å². The highest BCUT2D eigenvalue weighted by Crippen LogP contribution is 2.23. The highest BCUT2D eigenvalue weighted by molar-refractivity contribution is 6.35. The number of hydrogen-bond acceptors (Lipinski definition) is 3. The van der Waals surface area contributed by atoms with E-state index in [4.69, 9.17) is 27.9 Å². The Labute approximate surface area is 172 Å². The number of ether oxygens (including phenoxy) is 1. The van der Waals surface area contributed by atoms with Gasteiger partial charge in [0.2, 0.25) is 0 Å². The van der Waals surface area contributed by atoms with E-state index in [0.29, 0.717) is 33.7 Å². The van der Waals surface area contributed by atoms with Crippen molar-refractivity contribution in [3.63, 3.8) is 0 Å². The van der Waals surface area contributed by atoms with Crippen LogP contribution in [0.3, 0.4) is 0 Å². The Morgan fingerprint density at radius 2 is 1.71 bits per heavy atom. The second kappa shape index (κ2) is 9.40. The largest absolute Gasteiger partial charge is 0.489 e. The summed E-state index contributed by atoms with van der Waals surface area (Å²) in [6.45, 7) is 0.296.